The van der Waals surface area contributed by atoms with Crippen LogP contribution in [0.2, 0.25) is 0 Å². The van der Waals surface area contributed by atoms with Gasteiger partial charge in [0, 0.05) is 42.5 Å². The van der Waals surface area contributed by atoms with E-state index in [1.165, 1.54) is 6.07 Å². The molecular formula is C24H25FN4O2. The van der Waals surface area contributed by atoms with Gasteiger partial charge in [-0.2, -0.15) is 0 Å². The molecule has 1 aliphatic rings. The Kier molecular flexibility index (Phi) is 4.59. The molecule has 2 atom stereocenters. The molecule has 1 amide bonds. The van der Waals surface area contributed by atoms with E-state index in [-0.39, 0.29) is 59.4 Å². The first-order valence-corrected chi connectivity index (χ1v) is 10.0. The Hall–Kier alpha value is -3.35. The molecule has 31 heavy (non-hydrogen) atoms. The van der Waals surface area contributed by atoms with Crippen LogP contribution in [0.4, 0.5) is 4.39 Å². The zero-order chi connectivity index (χ0) is 26.1. The Labute approximate surface area is 188 Å². The summed E-state index contributed by atoms with van der Waals surface area (Å²) in [4.78, 5) is 27.3. The molecule has 3 aromatic rings. The van der Waals surface area contributed by atoms with Crippen molar-refractivity contribution in [2.45, 2.75) is 32.7 Å². The average Bonchev–Trinajstić information content (AvgIpc) is 2.83. The standard InChI is InChI=1S/C24H25FN4O2/c1-16-4-8-20(23-26-10-3-11-27-23)21(12-16)24(30)29-14-18(6-5-17(29)2)15-31-22-9-7-19(25)13-28-22/h3-4,7-13,17-18H,5-6,14-15H2,1-2H3/t17-,18-/m1/s1/i3D,7D,8D,10D,11D. The summed E-state index contributed by atoms with van der Waals surface area (Å²) in [7, 11) is 0. The number of carbonyl (C=O) groups is 1. The fourth-order valence-electron chi connectivity index (χ4n) is 3.65. The van der Waals surface area contributed by atoms with Crippen molar-refractivity contribution < 1.29 is 20.8 Å². The van der Waals surface area contributed by atoms with Gasteiger partial charge in [0.25, 0.3) is 5.91 Å². The van der Waals surface area contributed by atoms with Crippen LogP contribution in [0.3, 0.4) is 0 Å². The highest BCUT2D eigenvalue weighted by Gasteiger charge is 2.31. The van der Waals surface area contributed by atoms with E-state index in [2.05, 4.69) is 15.0 Å². The van der Waals surface area contributed by atoms with E-state index in [1.807, 2.05) is 6.92 Å². The number of halogens is 1. The van der Waals surface area contributed by atoms with Gasteiger partial charge in [-0.05, 0) is 44.8 Å². The number of pyridine rings is 1. The van der Waals surface area contributed by atoms with Crippen molar-refractivity contribution in [3.8, 4) is 17.3 Å². The van der Waals surface area contributed by atoms with Crippen molar-refractivity contribution in [1.29, 1.82) is 0 Å². The topological polar surface area (TPSA) is 68.2 Å². The van der Waals surface area contributed by atoms with Crippen LogP contribution in [0.1, 0.15) is 42.5 Å². The van der Waals surface area contributed by atoms with Gasteiger partial charge >= 0.3 is 0 Å². The average molecular weight is 426 g/mol. The summed E-state index contributed by atoms with van der Waals surface area (Å²) >= 11 is 0. The van der Waals surface area contributed by atoms with E-state index in [1.54, 1.807) is 24.0 Å². The van der Waals surface area contributed by atoms with Gasteiger partial charge in [-0.1, -0.05) is 17.7 Å². The number of amides is 1. The maximum atomic E-state index is 13.8. The molecule has 6 nitrogen and oxygen atoms in total. The zero-order valence-corrected chi connectivity index (χ0v) is 17.3. The molecule has 0 bridgehead atoms. The lowest BCUT2D eigenvalue weighted by Gasteiger charge is -2.38. The second-order valence-corrected chi connectivity index (χ2v) is 7.66. The summed E-state index contributed by atoms with van der Waals surface area (Å²) in [5, 5.41) is 0. The number of ether oxygens (including phenoxy) is 1. The number of benzene rings is 1. The normalized spacial score (nSPS) is 20.9. The maximum Gasteiger partial charge on any atom is 0.254 e. The van der Waals surface area contributed by atoms with Gasteiger partial charge in [0.05, 0.1) is 25.2 Å². The van der Waals surface area contributed by atoms with Crippen molar-refractivity contribution in [2.24, 2.45) is 5.92 Å². The van der Waals surface area contributed by atoms with Crippen molar-refractivity contribution in [3.63, 3.8) is 0 Å². The highest BCUT2D eigenvalue weighted by molar-refractivity contribution is 6.00. The maximum absolute atomic E-state index is 13.8. The van der Waals surface area contributed by atoms with Crippen LogP contribution in [0, 0.1) is 18.7 Å². The SMILES string of the molecule is [2H]c1cc(OC[C@@H]2CC[C@@H](C)N(C(=O)c3cc(C)cc([2H])c3-c3nc([2H])c([2H])c([2H])n3)C2)ncc1F. The van der Waals surface area contributed by atoms with Gasteiger partial charge in [-0.25, -0.2) is 19.3 Å². The van der Waals surface area contributed by atoms with Crippen LogP contribution in [-0.4, -0.2) is 45.0 Å². The molecule has 0 N–H and O–H groups in total. The predicted octanol–water partition coefficient (Wildman–Crippen LogP) is 4.31. The first-order valence-electron chi connectivity index (χ1n) is 12.5. The Morgan fingerprint density at radius 2 is 2.06 bits per heavy atom. The number of hydrogen-bond acceptors (Lipinski definition) is 5. The van der Waals surface area contributed by atoms with Crippen LogP contribution in [0.5, 0.6) is 5.88 Å². The highest BCUT2D eigenvalue weighted by atomic mass is 19.1. The van der Waals surface area contributed by atoms with Gasteiger partial charge in [0.15, 0.2) is 5.82 Å². The molecule has 0 radical (unpaired) electrons. The van der Waals surface area contributed by atoms with Crippen LogP contribution < -0.4 is 4.74 Å². The Bertz CT molecular complexity index is 1300. The number of hydrogen-bond donors (Lipinski definition) is 0. The molecule has 0 unspecified atom stereocenters. The van der Waals surface area contributed by atoms with E-state index < -0.39 is 24.2 Å². The third kappa shape index (κ3) is 4.87. The summed E-state index contributed by atoms with van der Waals surface area (Å²) in [5.41, 5.74) is 1.01. The molecule has 1 fully saturated rings. The number of piperidine rings is 1. The minimum atomic E-state index is -0.732. The van der Waals surface area contributed by atoms with Gasteiger partial charge < -0.3 is 9.64 Å². The molecule has 160 valence electrons. The smallest absolute Gasteiger partial charge is 0.254 e. The quantitative estimate of drug-likeness (QED) is 0.609. The molecule has 1 saturated heterocycles. The molecule has 7 heteroatoms. The number of carbonyl (C=O) groups excluding carboxylic acids is 1. The van der Waals surface area contributed by atoms with E-state index in [0.29, 0.717) is 18.5 Å². The molecule has 3 heterocycles. The third-order valence-corrected chi connectivity index (χ3v) is 5.32. The molecule has 0 saturated carbocycles. The fourth-order valence-corrected chi connectivity index (χ4v) is 3.65. The molecule has 2 aromatic heterocycles. The summed E-state index contributed by atoms with van der Waals surface area (Å²) in [6, 6.07) is 3.59. The van der Waals surface area contributed by atoms with Crippen LogP contribution >= 0.6 is 0 Å². The fraction of sp³-hybridized carbons (Fsp3) is 0.333. The number of aryl methyl sites for hydroxylation is 1. The van der Waals surface area contributed by atoms with Gasteiger partial charge in [-0.15, -0.1) is 0 Å². The first-order chi connectivity index (χ1) is 17.0. The summed E-state index contributed by atoms with van der Waals surface area (Å²) in [6.07, 6.45) is 1.55. The molecular weight excluding hydrogens is 395 g/mol. The van der Waals surface area contributed by atoms with Gasteiger partial charge in [-0.3, -0.25) is 4.79 Å². The molecule has 1 aromatic carbocycles. The Morgan fingerprint density at radius 1 is 1.26 bits per heavy atom. The number of aromatic nitrogens is 3. The lowest BCUT2D eigenvalue weighted by molar-refractivity contribution is 0.0503. The van der Waals surface area contributed by atoms with Crippen LogP contribution in [0.25, 0.3) is 11.4 Å². The minimum absolute atomic E-state index is 0.00647. The lowest BCUT2D eigenvalue weighted by atomic mass is 9.92. The van der Waals surface area contributed by atoms with E-state index >= 15 is 0 Å². The third-order valence-electron chi connectivity index (χ3n) is 5.32. The Balaban J connectivity index is 1.61. The van der Waals surface area contributed by atoms with Crippen LogP contribution in [0.15, 0.2) is 54.9 Å². The highest BCUT2D eigenvalue weighted by Crippen LogP contribution is 2.28. The zero-order valence-electron chi connectivity index (χ0n) is 22.3. The van der Waals surface area contributed by atoms with E-state index in [0.717, 1.165) is 12.6 Å². The lowest BCUT2D eigenvalue weighted by Crippen LogP contribution is -2.47. The van der Waals surface area contributed by atoms with E-state index in [4.69, 9.17) is 11.6 Å². The first kappa shape index (κ1) is 15.5. The molecule has 0 aliphatic carbocycles. The number of likely N-dealkylation sites (tertiary alicyclic amines) is 1. The van der Waals surface area contributed by atoms with Gasteiger partial charge in [0.1, 0.15) is 5.82 Å². The summed E-state index contributed by atoms with van der Waals surface area (Å²) in [6.45, 7) is 4.31. The monoisotopic (exact) mass is 425 g/mol. The molecule has 1 aliphatic heterocycles. The summed E-state index contributed by atoms with van der Waals surface area (Å²) in [5.74, 6) is -1.06. The number of rotatable bonds is 5. The summed E-state index contributed by atoms with van der Waals surface area (Å²) < 4.78 is 58.5. The Morgan fingerprint density at radius 3 is 2.84 bits per heavy atom. The molecule has 0 spiro atoms. The minimum Gasteiger partial charge on any atom is -0.477 e. The largest absolute Gasteiger partial charge is 0.477 e. The second kappa shape index (κ2) is 9.20. The van der Waals surface area contributed by atoms with Crippen molar-refractivity contribution >= 4 is 5.91 Å². The number of nitrogens with zero attached hydrogens (tertiary/aromatic N) is 4. The second-order valence-electron chi connectivity index (χ2n) is 7.66. The van der Waals surface area contributed by atoms with Gasteiger partial charge in [0.2, 0.25) is 5.88 Å². The van der Waals surface area contributed by atoms with Crippen molar-refractivity contribution in [1.82, 2.24) is 19.9 Å². The molecule has 4 rings (SSSR count). The van der Waals surface area contributed by atoms with Crippen LogP contribution in [-0.2, 0) is 0 Å². The van der Waals surface area contributed by atoms with E-state index in [9.17, 15) is 9.18 Å². The van der Waals surface area contributed by atoms with Crippen molar-refractivity contribution in [3.05, 3.63) is 71.8 Å². The predicted molar refractivity (Wildman–Crippen MR) is 115 cm³/mol. The van der Waals surface area contributed by atoms with Crippen molar-refractivity contribution in [2.75, 3.05) is 13.2 Å².